The molecule has 1 heterocycles. The van der Waals surface area contributed by atoms with Crippen LogP contribution in [0.25, 0.3) is 0 Å². The molecule has 2 aromatic carbocycles. The van der Waals surface area contributed by atoms with Crippen LogP contribution in [0, 0.1) is 6.92 Å². The van der Waals surface area contributed by atoms with E-state index in [1.54, 1.807) is 11.0 Å². The summed E-state index contributed by atoms with van der Waals surface area (Å²) in [5.74, 6) is -0.0846. The molecule has 4 nitrogen and oxygen atoms in total. The normalized spacial score (nSPS) is 16.8. The van der Waals surface area contributed by atoms with E-state index in [0.29, 0.717) is 31.0 Å². The highest BCUT2D eigenvalue weighted by atomic mass is 35.5. The Bertz CT molecular complexity index is 789. The smallest absolute Gasteiger partial charge is 0.242 e. The molecular formula is C21H23ClN2O2. The first kappa shape index (κ1) is 18.5. The summed E-state index contributed by atoms with van der Waals surface area (Å²) < 4.78 is 0. The molecule has 0 aliphatic carbocycles. The van der Waals surface area contributed by atoms with Crippen molar-refractivity contribution >= 4 is 23.4 Å². The molecule has 26 heavy (non-hydrogen) atoms. The first-order valence-electron chi connectivity index (χ1n) is 8.91. The molecule has 1 N–H and O–H groups in total. The molecule has 1 aliphatic rings. The number of likely N-dealkylation sites (tertiary alicyclic amines) is 1. The number of nitrogens with one attached hydrogen (secondary N) is 1. The quantitative estimate of drug-likeness (QED) is 0.846. The topological polar surface area (TPSA) is 49.4 Å². The average Bonchev–Trinajstić information content (AvgIpc) is 2.99. The Morgan fingerprint density at radius 3 is 2.65 bits per heavy atom. The predicted octanol–water partition coefficient (Wildman–Crippen LogP) is 3.50. The Labute approximate surface area is 159 Å². The van der Waals surface area contributed by atoms with Crippen molar-refractivity contribution in [2.45, 2.75) is 38.8 Å². The summed E-state index contributed by atoms with van der Waals surface area (Å²) in [6.45, 7) is 2.98. The van der Waals surface area contributed by atoms with E-state index in [-0.39, 0.29) is 11.8 Å². The van der Waals surface area contributed by atoms with Gasteiger partial charge in [0.2, 0.25) is 11.8 Å². The Morgan fingerprint density at radius 1 is 1.19 bits per heavy atom. The van der Waals surface area contributed by atoms with Crippen LogP contribution in [0.4, 0.5) is 0 Å². The van der Waals surface area contributed by atoms with Gasteiger partial charge in [-0.1, -0.05) is 59.6 Å². The molecule has 3 rings (SSSR count). The van der Waals surface area contributed by atoms with Crippen molar-refractivity contribution in [2.75, 3.05) is 6.54 Å². The third kappa shape index (κ3) is 4.44. The highest BCUT2D eigenvalue weighted by Crippen LogP contribution is 2.24. The van der Waals surface area contributed by atoms with Crippen LogP contribution in [0.2, 0.25) is 5.02 Å². The minimum absolute atomic E-state index is 0.00334. The van der Waals surface area contributed by atoms with Crippen LogP contribution in [0.15, 0.2) is 48.5 Å². The summed E-state index contributed by atoms with van der Waals surface area (Å²) in [6, 6.07) is 15.3. The van der Waals surface area contributed by atoms with E-state index in [1.165, 1.54) is 11.1 Å². The van der Waals surface area contributed by atoms with E-state index in [0.717, 1.165) is 12.0 Å². The number of nitrogens with zero attached hydrogens (tertiary/aromatic N) is 1. The van der Waals surface area contributed by atoms with Gasteiger partial charge < -0.3 is 10.2 Å². The van der Waals surface area contributed by atoms with Gasteiger partial charge in [-0.3, -0.25) is 9.59 Å². The highest BCUT2D eigenvalue weighted by Gasteiger charge is 2.35. The van der Waals surface area contributed by atoms with Gasteiger partial charge in [0.15, 0.2) is 0 Å². The molecule has 1 saturated heterocycles. The molecule has 136 valence electrons. The van der Waals surface area contributed by atoms with Crippen LogP contribution in [0.3, 0.4) is 0 Å². The second-order valence-electron chi connectivity index (χ2n) is 6.69. The lowest BCUT2D eigenvalue weighted by Gasteiger charge is -2.24. The van der Waals surface area contributed by atoms with Crippen molar-refractivity contribution in [1.29, 1.82) is 0 Å². The number of carbonyl (C=O) groups excluding carboxylic acids is 2. The fraction of sp³-hybridized carbons (Fsp3) is 0.333. The number of aryl methyl sites for hydroxylation is 1. The lowest BCUT2D eigenvalue weighted by atomic mass is 10.1. The summed E-state index contributed by atoms with van der Waals surface area (Å²) >= 11 is 6.20. The van der Waals surface area contributed by atoms with Gasteiger partial charge >= 0.3 is 0 Å². The first-order valence-corrected chi connectivity index (χ1v) is 9.28. The Hall–Kier alpha value is -2.33. The average molecular weight is 371 g/mol. The molecule has 0 spiro atoms. The van der Waals surface area contributed by atoms with E-state index in [9.17, 15) is 9.59 Å². The Morgan fingerprint density at radius 2 is 1.92 bits per heavy atom. The van der Waals surface area contributed by atoms with Crippen LogP contribution in [-0.2, 0) is 22.6 Å². The summed E-state index contributed by atoms with van der Waals surface area (Å²) in [6.07, 6.45) is 1.73. The molecule has 0 unspecified atom stereocenters. The zero-order valence-corrected chi connectivity index (χ0v) is 15.6. The van der Waals surface area contributed by atoms with Gasteiger partial charge in [-0.2, -0.15) is 0 Å². The van der Waals surface area contributed by atoms with E-state index < -0.39 is 6.04 Å². The summed E-state index contributed by atoms with van der Waals surface area (Å²) in [7, 11) is 0. The Balaban J connectivity index is 1.57. The van der Waals surface area contributed by atoms with Gasteiger partial charge in [-0.15, -0.1) is 0 Å². The van der Waals surface area contributed by atoms with Crippen molar-refractivity contribution in [3.05, 3.63) is 70.2 Å². The lowest BCUT2D eigenvalue weighted by Crippen LogP contribution is -2.44. The maximum Gasteiger partial charge on any atom is 0.242 e. The van der Waals surface area contributed by atoms with Gasteiger partial charge in [0.25, 0.3) is 0 Å². The fourth-order valence-corrected chi connectivity index (χ4v) is 3.41. The van der Waals surface area contributed by atoms with E-state index >= 15 is 0 Å². The third-order valence-electron chi connectivity index (χ3n) is 4.76. The number of rotatable bonds is 6. The van der Waals surface area contributed by atoms with Crippen molar-refractivity contribution < 1.29 is 9.59 Å². The van der Waals surface area contributed by atoms with Gasteiger partial charge in [0.05, 0.1) is 0 Å². The monoisotopic (exact) mass is 370 g/mol. The van der Waals surface area contributed by atoms with Crippen LogP contribution in [-0.4, -0.2) is 29.3 Å². The molecule has 5 heteroatoms. The van der Waals surface area contributed by atoms with Gasteiger partial charge in [0, 0.05) is 24.5 Å². The Kier molecular flexibility index (Phi) is 5.94. The largest absolute Gasteiger partial charge is 0.354 e. The number of amides is 2. The molecule has 1 atom stereocenters. The molecule has 0 aromatic heterocycles. The predicted molar refractivity (Wildman–Crippen MR) is 103 cm³/mol. The van der Waals surface area contributed by atoms with Crippen LogP contribution < -0.4 is 5.32 Å². The van der Waals surface area contributed by atoms with Crippen LogP contribution >= 0.6 is 11.6 Å². The molecular weight excluding hydrogens is 348 g/mol. The highest BCUT2D eigenvalue weighted by molar-refractivity contribution is 6.31. The number of carbonyl (C=O) groups is 2. The minimum Gasteiger partial charge on any atom is -0.354 e. The lowest BCUT2D eigenvalue weighted by molar-refractivity contribution is -0.135. The standard InChI is InChI=1S/C21H23ClN2O2/c1-15-6-8-16(9-7-15)12-13-23-21(26)19-10-11-20(25)24(19)14-17-4-2-3-5-18(17)22/h2-9,19H,10-14H2,1H3,(H,23,26)/t19-/m1/s1. The summed E-state index contributed by atoms with van der Waals surface area (Å²) in [5, 5.41) is 3.59. The third-order valence-corrected chi connectivity index (χ3v) is 5.13. The van der Waals surface area contributed by atoms with E-state index in [4.69, 9.17) is 11.6 Å². The second kappa shape index (κ2) is 8.37. The van der Waals surface area contributed by atoms with Crippen molar-refractivity contribution in [3.63, 3.8) is 0 Å². The molecule has 2 aromatic rings. The number of benzene rings is 2. The molecule has 0 saturated carbocycles. The maximum atomic E-state index is 12.6. The van der Waals surface area contributed by atoms with Crippen molar-refractivity contribution in [1.82, 2.24) is 10.2 Å². The summed E-state index contributed by atoms with van der Waals surface area (Å²) in [4.78, 5) is 26.5. The minimum atomic E-state index is -0.420. The van der Waals surface area contributed by atoms with Gasteiger partial charge in [-0.05, 0) is 37.0 Å². The van der Waals surface area contributed by atoms with Gasteiger partial charge in [-0.25, -0.2) is 0 Å². The van der Waals surface area contributed by atoms with Crippen LogP contribution in [0.5, 0.6) is 0 Å². The second-order valence-corrected chi connectivity index (χ2v) is 7.10. The molecule has 0 bridgehead atoms. The fourth-order valence-electron chi connectivity index (χ4n) is 3.22. The van der Waals surface area contributed by atoms with Gasteiger partial charge in [0.1, 0.15) is 6.04 Å². The molecule has 1 fully saturated rings. The van der Waals surface area contributed by atoms with E-state index in [2.05, 4.69) is 36.5 Å². The number of halogens is 1. The first-order chi connectivity index (χ1) is 12.5. The van der Waals surface area contributed by atoms with Crippen molar-refractivity contribution in [2.24, 2.45) is 0 Å². The number of hydrogen-bond donors (Lipinski definition) is 1. The molecule has 2 amide bonds. The zero-order valence-electron chi connectivity index (χ0n) is 14.9. The molecule has 1 aliphatic heterocycles. The summed E-state index contributed by atoms with van der Waals surface area (Å²) in [5.41, 5.74) is 3.27. The number of hydrogen-bond acceptors (Lipinski definition) is 2. The molecule has 0 radical (unpaired) electrons. The zero-order chi connectivity index (χ0) is 18.5. The van der Waals surface area contributed by atoms with Crippen molar-refractivity contribution in [3.8, 4) is 0 Å². The SMILES string of the molecule is Cc1ccc(CCNC(=O)[C@H]2CCC(=O)N2Cc2ccccc2Cl)cc1. The maximum absolute atomic E-state index is 12.6. The van der Waals surface area contributed by atoms with Crippen LogP contribution in [0.1, 0.15) is 29.5 Å². The van der Waals surface area contributed by atoms with E-state index in [1.807, 2.05) is 18.2 Å².